The van der Waals surface area contributed by atoms with Crippen molar-refractivity contribution in [2.24, 2.45) is 0 Å². The van der Waals surface area contributed by atoms with Crippen LogP contribution in [0.5, 0.6) is 0 Å². The summed E-state index contributed by atoms with van der Waals surface area (Å²) in [6.07, 6.45) is 6.80. The normalized spacial score (nSPS) is 9.38. The van der Waals surface area contributed by atoms with Crippen LogP contribution in [0.15, 0.2) is 18.3 Å². The molecule has 0 aliphatic carbocycles. The highest BCUT2D eigenvalue weighted by Crippen LogP contribution is 2.23. The standard InChI is InChI=1S/C10H4N2S/c1-2-8-4-9-10(13-8)3-7(5-11)6-12-9/h1,3-4,6H. The van der Waals surface area contributed by atoms with E-state index in [1.165, 1.54) is 11.3 Å². The zero-order chi connectivity index (χ0) is 9.26. The molecule has 0 atom stereocenters. The Morgan fingerprint density at radius 1 is 1.46 bits per heavy atom. The maximum Gasteiger partial charge on any atom is 0.101 e. The molecule has 2 aromatic rings. The van der Waals surface area contributed by atoms with Gasteiger partial charge in [0.1, 0.15) is 6.07 Å². The fourth-order valence-corrected chi connectivity index (χ4v) is 1.92. The number of thiophene rings is 1. The predicted molar refractivity (Wildman–Crippen MR) is 52.3 cm³/mol. The van der Waals surface area contributed by atoms with E-state index in [4.69, 9.17) is 11.7 Å². The third-order valence-corrected chi connectivity index (χ3v) is 2.64. The summed E-state index contributed by atoms with van der Waals surface area (Å²) >= 11 is 1.48. The van der Waals surface area contributed by atoms with E-state index in [0.717, 1.165) is 15.1 Å². The third kappa shape index (κ3) is 1.26. The quantitative estimate of drug-likeness (QED) is 0.588. The second-order valence-corrected chi connectivity index (χ2v) is 3.56. The average molecular weight is 184 g/mol. The van der Waals surface area contributed by atoms with Crippen LogP contribution in [0.25, 0.3) is 10.2 Å². The molecule has 0 saturated heterocycles. The summed E-state index contributed by atoms with van der Waals surface area (Å²) in [5, 5.41) is 8.64. The molecular formula is C10H4N2S. The number of nitriles is 1. The Balaban J connectivity index is 2.74. The Kier molecular flexibility index (Phi) is 1.73. The number of aromatic nitrogens is 1. The van der Waals surface area contributed by atoms with Crippen molar-refractivity contribution in [3.63, 3.8) is 0 Å². The number of pyridine rings is 1. The van der Waals surface area contributed by atoms with Gasteiger partial charge in [0, 0.05) is 6.20 Å². The first kappa shape index (κ1) is 7.79. The number of fused-ring (bicyclic) bond motifs is 1. The SMILES string of the molecule is C#Cc1cc2ncc(C#N)cc2s1. The van der Waals surface area contributed by atoms with Crippen molar-refractivity contribution in [1.29, 1.82) is 5.26 Å². The fraction of sp³-hybridized carbons (Fsp3) is 0. The van der Waals surface area contributed by atoms with Gasteiger partial charge in [-0.05, 0) is 12.1 Å². The van der Waals surface area contributed by atoms with Crippen LogP contribution in [0, 0.1) is 23.7 Å². The van der Waals surface area contributed by atoms with Gasteiger partial charge in [-0.2, -0.15) is 5.26 Å². The molecule has 0 N–H and O–H groups in total. The first-order chi connectivity index (χ1) is 6.33. The summed E-state index contributed by atoms with van der Waals surface area (Å²) in [6, 6.07) is 5.69. The molecule has 0 aliphatic rings. The van der Waals surface area contributed by atoms with E-state index in [-0.39, 0.29) is 0 Å². The summed E-state index contributed by atoms with van der Waals surface area (Å²) in [5.74, 6) is 2.55. The molecule has 0 spiro atoms. The lowest BCUT2D eigenvalue weighted by Gasteiger charge is -1.87. The van der Waals surface area contributed by atoms with Gasteiger partial charge in [-0.1, -0.05) is 5.92 Å². The van der Waals surface area contributed by atoms with E-state index in [0.29, 0.717) is 5.56 Å². The number of hydrogen-bond donors (Lipinski definition) is 0. The van der Waals surface area contributed by atoms with Crippen molar-refractivity contribution in [3.8, 4) is 18.4 Å². The van der Waals surface area contributed by atoms with Crippen molar-refractivity contribution in [2.45, 2.75) is 0 Å². The first-order valence-electron chi connectivity index (χ1n) is 3.60. The summed E-state index contributed by atoms with van der Waals surface area (Å²) in [7, 11) is 0. The van der Waals surface area contributed by atoms with Crippen molar-refractivity contribution in [3.05, 3.63) is 28.8 Å². The van der Waals surface area contributed by atoms with E-state index in [9.17, 15) is 0 Å². The molecule has 2 rings (SSSR count). The lowest BCUT2D eigenvalue weighted by Crippen LogP contribution is -1.75. The fourth-order valence-electron chi connectivity index (χ4n) is 1.05. The van der Waals surface area contributed by atoms with Gasteiger partial charge < -0.3 is 0 Å². The van der Waals surface area contributed by atoms with E-state index in [1.807, 2.05) is 12.1 Å². The van der Waals surface area contributed by atoms with Gasteiger partial charge in [0.05, 0.1) is 20.7 Å². The lowest BCUT2D eigenvalue weighted by atomic mass is 10.3. The van der Waals surface area contributed by atoms with Gasteiger partial charge in [0.25, 0.3) is 0 Å². The lowest BCUT2D eigenvalue weighted by molar-refractivity contribution is 1.38. The Bertz CT molecular complexity index is 528. The molecule has 60 valence electrons. The number of terminal acetylenes is 1. The van der Waals surface area contributed by atoms with E-state index < -0.39 is 0 Å². The van der Waals surface area contributed by atoms with Crippen molar-refractivity contribution < 1.29 is 0 Å². The minimum absolute atomic E-state index is 0.568. The van der Waals surface area contributed by atoms with Gasteiger partial charge in [-0.25, -0.2) is 0 Å². The van der Waals surface area contributed by atoms with Crippen molar-refractivity contribution >= 4 is 21.6 Å². The maximum atomic E-state index is 8.64. The second kappa shape index (κ2) is 2.90. The molecule has 0 unspecified atom stereocenters. The largest absolute Gasteiger partial charge is 0.254 e. The summed E-state index contributed by atoms with van der Waals surface area (Å²) in [4.78, 5) is 4.96. The van der Waals surface area contributed by atoms with Crippen molar-refractivity contribution in [1.82, 2.24) is 4.98 Å². The smallest absolute Gasteiger partial charge is 0.101 e. The molecule has 0 fully saturated rings. The molecule has 0 saturated carbocycles. The molecular weight excluding hydrogens is 180 g/mol. The molecule has 2 nitrogen and oxygen atoms in total. The molecule has 2 heterocycles. The zero-order valence-corrected chi connectivity index (χ0v) is 7.43. The van der Waals surface area contributed by atoms with E-state index in [2.05, 4.69) is 10.9 Å². The Morgan fingerprint density at radius 3 is 3.00 bits per heavy atom. The molecule has 0 amide bonds. The van der Waals surface area contributed by atoms with Crippen LogP contribution in [-0.2, 0) is 0 Å². The van der Waals surface area contributed by atoms with Crippen LogP contribution in [0.2, 0.25) is 0 Å². The maximum absolute atomic E-state index is 8.64. The molecule has 2 aromatic heterocycles. The minimum Gasteiger partial charge on any atom is -0.254 e. The highest BCUT2D eigenvalue weighted by atomic mass is 32.1. The zero-order valence-electron chi connectivity index (χ0n) is 6.61. The molecule has 0 aromatic carbocycles. The predicted octanol–water partition coefficient (Wildman–Crippen LogP) is 2.15. The van der Waals surface area contributed by atoms with Crippen LogP contribution < -0.4 is 0 Å². The Labute approximate surface area is 79.5 Å². The molecule has 0 aliphatic heterocycles. The van der Waals surface area contributed by atoms with Crippen molar-refractivity contribution in [2.75, 3.05) is 0 Å². The van der Waals surface area contributed by atoms with Gasteiger partial charge in [0.2, 0.25) is 0 Å². The average Bonchev–Trinajstić information content (AvgIpc) is 2.58. The Hall–Kier alpha value is -1.84. The molecule has 13 heavy (non-hydrogen) atoms. The van der Waals surface area contributed by atoms with Gasteiger partial charge >= 0.3 is 0 Å². The highest BCUT2D eigenvalue weighted by molar-refractivity contribution is 7.19. The molecule has 3 heteroatoms. The van der Waals surface area contributed by atoms with Crippen LogP contribution in [0.3, 0.4) is 0 Å². The minimum atomic E-state index is 0.568. The monoisotopic (exact) mass is 184 g/mol. The van der Waals surface area contributed by atoms with Gasteiger partial charge in [-0.3, -0.25) is 4.98 Å². The highest BCUT2D eigenvalue weighted by Gasteiger charge is 2.01. The van der Waals surface area contributed by atoms with Crippen LogP contribution in [0.4, 0.5) is 0 Å². The second-order valence-electron chi connectivity index (χ2n) is 2.47. The van der Waals surface area contributed by atoms with Gasteiger partial charge in [-0.15, -0.1) is 17.8 Å². The summed E-state index contributed by atoms with van der Waals surface area (Å²) in [5.41, 5.74) is 1.43. The summed E-state index contributed by atoms with van der Waals surface area (Å²) in [6.45, 7) is 0. The van der Waals surface area contributed by atoms with Crippen LogP contribution >= 0.6 is 11.3 Å². The van der Waals surface area contributed by atoms with E-state index >= 15 is 0 Å². The van der Waals surface area contributed by atoms with E-state index in [1.54, 1.807) is 12.3 Å². The third-order valence-electron chi connectivity index (χ3n) is 1.64. The van der Waals surface area contributed by atoms with Gasteiger partial charge in [0.15, 0.2) is 0 Å². The number of hydrogen-bond acceptors (Lipinski definition) is 3. The molecule has 0 bridgehead atoms. The first-order valence-corrected chi connectivity index (χ1v) is 4.41. The number of nitrogens with zero attached hydrogens (tertiary/aromatic N) is 2. The van der Waals surface area contributed by atoms with Crippen LogP contribution in [-0.4, -0.2) is 4.98 Å². The summed E-state index contributed by atoms with van der Waals surface area (Å²) < 4.78 is 0.965. The Morgan fingerprint density at radius 2 is 2.31 bits per heavy atom. The topological polar surface area (TPSA) is 36.7 Å². The molecule has 0 radical (unpaired) electrons. The van der Waals surface area contributed by atoms with Crippen LogP contribution in [0.1, 0.15) is 10.4 Å². The number of rotatable bonds is 0.